The van der Waals surface area contributed by atoms with Gasteiger partial charge in [-0.05, 0) is 64.2 Å². The average molecular weight is 792 g/mol. The van der Waals surface area contributed by atoms with Gasteiger partial charge in [-0.15, -0.1) is 0 Å². The molecule has 0 bridgehead atoms. The van der Waals surface area contributed by atoms with E-state index in [9.17, 15) is 19.0 Å². The van der Waals surface area contributed by atoms with Crippen molar-refractivity contribution in [2.75, 3.05) is 47.5 Å². The van der Waals surface area contributed by atoms with E-state index >= 15 is 0 Å². The second kappa shape index (κ2) is 37.1. The lowest BCUT2D eigenvalue weighted by Crippen LogP contribution is -2.37. The van der Waals surface area contributed by atoms with Crippen LogP contribution >= 0.6 is 7.82 Å². The topological polar surface area (TPSA) is 111 Å². The van der Waals surface area contributed by atoms with Crippen LogP contribution in [0.25, 0.3) is 0 Å². The Bertz CT molecular complexity index is 1170. The zero-order valence-corrected chi connectivity index (χ0v) is 36.2. The summed E-state index contributed by atoms with van der Waals surface area (Å²) in [4.78, 5) is 37.4. The molecule has 0 fully saturated rings. The van der Waals surface area contributed by atoms with E-state index in [1.54, 1.807) is 0 Å². The summed E-state index contributed by atoms with van der Waals surface area (Å²) in [6.07, 6.45) is 45.1. The number of likely N-dealkylation sites (N-methyl/N-ethyl adjacent to an activating group) is 1. The molecule has 0 radical (unpaired) electrons. The van der Waals surface area contributed by atoms with Gasteiger partial charge in [0, 0.05) is 12.8 Å². The van der Waals surface area contributed by atoms with Crippen molar-refractivity contribution in [3.8, 4) is 0 Å². The maximum absolute atomic E-state index is 12.6. The number of hydrogen-bond acceptors (Lipinski definition) is 8. The summed E-state index contributed by atoms with van der Waals surface area (Å²) in [5, 5.41) is 0. The first-order chi connectivity index (χ1) is 26.5. The fourth-order valence-corrected chi connectivity index (χ4v) is 5.91. The molecule has 0 saturated carbocycles. The Labute approximate surface area is 336 Å². The molecular formula is C45H78NO8P. The van der Waals surface area contributed by atoms with Crippen molar-refractivity contribution in [3.63, 3.8) is 0 Å². The highest BCUT2D eigenvalue weighted by molar-refractivity contribution is 7.45. The fourth-order valence-electron chi connectivity index (χ4n) is 5.19. The van der Waals surface area contributed by atoms with Crippen LogP contribution in [0, 0.1) is 0 Å². The molecule has 0 aromatic carbocycles. The van der Waals surface area contributed by atoms with Gasteiger partial charge in [0.1, 0.15) is 19.8 Å². The summed E-state index contributed by atoms with van der Waals surface area (Å²) >= 11 is 0. The van der Waals surface area contributed by atoms with E-state index in [-0.39, 0.29) is 26.1 Å². The average Bonchev–Trinajstić information content (AvgIpc) is 3.13. The molecule has 0 aromatic heterocycles. The van der Waals surface area contributed by atoms with E-state index in [2.05, 4.69) is 86.8 Å². The van der Waals surface area contributed by atoms with Crippen LogP contribution in [-0.2, 0) is 32.7 Å². The molecule has 0 amide bonds. The van der Waals surface area contributed by atoms with Crippen molar-refractivity contribution < 1.29 is 42.1 Å². The molecule has 0 saturated heterocycles. The van der Waals surface area contributed by atoms with Gasteiger partial charge < -0.3 is 27.9 Å². The Balaban J connectivity index is 4.46. The molecule has 0 spiro atoms. The van der Waals surface area contributed by atoms with E-state index in [1.807, 2.05) is 21.1 Å². The lowest BCUT2D eigenvalue weighted by Gasteiger charge is -2.28. The maximum Gasteiger partial charge on any atom is 0.306 e. The zero-order chi connectivity index (χ0) is 40.7. The molecule has 0 rings (SSSR count). The quantitative estimate of drug-likeness (QED) is 0.0201. The van der Waals surface area contributed by atoms with Crippen LogP contribution < -0.4 is 4.89 Å². The van der Waals surface area contributed by atoms with Crippen molar-refractivity contribution in [3.05, 3.63) is 72.9 Å². The lowest BCUT2D eigenvalue weighted by molar-refractivity contribution is -0.870. The molecule has 0 aliphatic carbocycles. The highest BCUT2D eigenvalue weighted by Crippen LogP contribution is 2.38. The van der Waals surface area contributed by atoms with Gasteiger partial charge in [0.25, 0.3) is 7.82 Å². The van der Waals surface area contributed by atoms with Crippen molar-refractivity contribution in [1.29, 1.82) is 0 Å². The van der Waals surface area contributed by atoms with Gasteiger partial charge in [-0.25, -0.2) is 0 Å². The lowest BCUT2D eigenvalue weighted by atomic mass is 10.1. The molecule has 2 atom stereocenters. The van der Waals surface area contributed by atoms with E-state index in [0.29, 0.717) is 17.4 Å². The molecule has 2 unspecified atom stereocenters. The summed E-state index contributed by atoms with van der Waals surface area (Å²) in [5.74, 6) is -0.893. The Morgan fingerprint density at radius 1 is 0.582 bits per heavy atom. The second-order valence-electron chi connectivity index (χ2n) is 15.0. The second-order valence-corrected chi connectivity index (χ2v) is 16.4. The smallest absolute Gasteiger partial charge is 0.306 e. The third-order valence-corrected chi connectivity index (χ3v) is 9.46. The SMILES string of the molecule is CC/C=C\C/C=C\C/C=C\C/C=C\C/C=C\C/C=C\CCCCC(=O)OC(COC(=O)CCCCCCCCCCCC)COP(=O)([O-])OCC[N+](C)(C)C. The van der Waals surface area contributed by atoms with Crippen LogP contribution in [-0.4, -0.2) is 70.0 Å². The van der Waals surface area contributed by atoms with Crippen molar-refractivity contribution >= 4 is 19.8 Å². The number of allylic oxidation sites excluding steroid dienone is 12. The number of phosphoric acid groups is 1. The highest BCUT2D eigenvalue weighted by Gasteiger charge is 2.21. The number of carbonyl (C=O) groups is 2. The Kier molecular flexibility index (Phi) is 35.3. The minimum Gasteiger partial charge on any atom is -0.756 e. The van der Waals surface area contributed by atoms with Crippen molar-refractivity contribution in [2.45, 2.75) is 155 Å². The van der Waals surface area contributed by atoms with E-state index in [1.165, 1.54) is 44.9 Å². The standard InChI is InChI=1S/C45H78NO8P/c1-6-8-10-12-14-16-18-19-20-21-22-23-24-25-26-27-28-30-32-34-36-38-45(48)54-43(42-53-55(49,50)52-40-39-46(3,4)5)41-51-44(47)37-35-33-31-29-17-15-13-11-9-7-2/h8,10,14,16,19-20,22-23,25-26,28,30,43H,6-7,9,11-13,15,17-18,21,24,27,29,31-42H2,1-5H3/b10-8-,16-14-,20-19-,23-22-,26-25-,30-28-. The Hall–Kier alpha value is -2.55. The van der Waals surface area contributed by atoms with Crippen LogP contribution in [0.15, 0.2) is 72.9 Å². The molecule has 9 nitrogen and oxygen atoms in total. The predicted octanol–water partition coefficient (Wildman–Crippen LogP) is 11.2. The van der Waals surface area contributed by atoms with Crippen LogP contribution in [0.4, 0.5) is 0 Å². The Morgan fingerprint density at radius 3 is 1.55 bits per heavy atom. The molecule has 10 heteroatoms. The minimum absolute atomic E-state index is 0.0423. The van der Waals surface area contributed by atoms with Crippen LogP contribution in [0.2, 0.25) is 0 Å². The van der Waals surface area contributed by atoms with Gasteiger partial charge in [0.2, 0.25) is 0 Å². The first kappa shape index (κ1) is 52.5. The largest absolute Gasteiger partial charge is 0.756 e. The van der Waals surface area contributed by atoms with Crippen LogP contribution in [0.3, 0.4) is 0 Å². The number of unbranched alkanes of at least 4 members (excludes halogenated alkanes) is 11. The zero-order valence-electron chi connectivity index (χ0n) is 35.3. The summed E-state index contributed by atoms with van der Waals surface area (Å²) in [6.45, 7) is 4.02. The van der Waals surface area contributed by atoms with Crippen LogP contribution in [0.1, 0.15) is 149 Å². The predicted molar refractivity (Wildman–Crippen MR) is 226 cm³/mol. The third kappa shape index (κ3) is 40.9. The number of hydrogen-bond donors (Lipinski definition) is 0. The highest BCUT2D eigenvalue weighted by atomic mass is 31.2. The maximum atomic E-state index is 12.6. The van der Waals surface area contributed by atoms with Crippen molar-refractivity contribution in [2.24, 2.45) is 0 Å². The number of rotatable bonds is 37. The van der Waals surface area contributed by atoms with Gasteiger partial charge in [0.15, 0.2) is 6.10 Å². The van der Waals surface area contributed by atoms with Gasteiger partial charge >= 0.3 is 11.9 Å². The number of carbonyl (C=O) groups excluding carboxylic acids is 2. The van der Waals surface area contributed by atoms with Gasteiger partial charge in [-0.2, -0.15) is 0 Å². The first-order valence-corrected chi connectivity index (χ1v) is 22.6. The number of quaternary nitrogens is 1. The molecule has 0 aliphatic rings. The van der Waals surface area contributed by atoms with Gasteiger partial charge in [0.05, 0.1) is 27.7 Å². The van der Waals surface area contributed by atoms with Gasteiger partial charge in [-0.1, -0.05) is 145 Å². The van der Waals surface area contributed by atoms with Crippen LogP contribution in [0.5, 0.6) is 0 Å². The molecule has 0 aromatic rings. The van der Waals surface area contributed by atoms with E-state index in [4.69, 9.17) is 18.5 Å². The molecule has 0 N–H and O–H groups in total. The third-order valence-electron chi connectivity index (χ3n) is 8.49. The number of ether oxygens (including phenoxy) is 2. The van der Waals surface area contributed by atoms with E-state index in [0.717, 1.165) is 70.6 Å². The molecule has 0 heterocycles. The molecule has 0 aliphatic heterocycles. The number of phosphoric ester groups is 1. The summed E-state index contributed by atoms with van der Waals surface area (Å²) in [7, 11) is 1.12. The minimum atomic E-state index is -4.64. The van der Waals surface area contributed by atoms with E-state index < -0.39 is 32.5 Å². The molecule has 316 valence electrons. The summed E-state index contributed by atoms with van der Waals surface area (Å²) in [6, 6.07) is 0. The first-order valence-electron chi connectivity index (χ1n) is 21.1. The normalized spacial score (nSPS) is 14.4. The van der Waals surface area contributed by atoms with Gasteiger partial charge in [-0.3, -0.25) is 14.2 Å². The number of esters is 2. The fraction of sp³-hybridized carbons (Fsp3) is 0.689. The van der Waals surface area contributed by atoms with Crippen molar-refractivity contribution in [1.82, 2.24) is 0 Å². The molecule has 55 heavy (non-hydrogen) atoms. The summed E-state index contributed by atoms with van der Waals surface area (Å²) < 4.78 is 33.8. The monoisotopic (exact) mass is 792 g/mol. The Morgan fingerprint density at radius 2 is 1.04 bits per heavy atom. The molecular weight excluding hydrogens is 713 g/mol. The number of nitrogens with zero attached hydrogens (tertiary/aromatic N) is 1. The summed E-state index contributed by atoms with van der Waals surface area (Å²) in [5.41, 5.74) is 0.